The van der Waals surface area contributed by atoms with Crippen LogP contribution < -0.4 is 10.6 Å². The summed E-state index contributed by atoms with van der Waals surface area (Å²) in [6, 6.07) is 8.69. The van der Waals surface area contributed by atoms with Crippen molar-refractivity contribution in [3.63, 3.8) is 0 Å². The Bertz CT molecular complexity index is 750. The van der Waals surface area contributed by atoms with Crippen molar-refractivity contribution in [2.45, 2.75) is 52.2 Å². The second kappa shape index (κ2) is 12.4. The van der Waals surface area contributed by atoms with E-state index in [1.165, 1.54) is 28.8 Å². The highest BCUT2D eigenvalue weighted by molar-refractivity contribution is 14.0. The second-order valence-electron chi connectivity index (χ2n) is 6.79. The Morgan fingerprint density at radius 1 is 1.32 bits per heavy atom. The zero-order chi connectivity index (χ0) is 18.9. The van der Waals surface area contributed by atoms with E-state index in [1.54, 1.807) is 11.3 Å². The lowest BCUT2D eigenvalue weighted by molar-refractivity contribution is 0.0398. The molecule has 154 valence electrons. The Balaban J connectivity index is 0.00000280. The van der Waals surface area contributed by atoms with E-state index >= 15 is 0 Å². The van der Waals surface area contributed by atoms with Gasteiger partial charge in [-0.3, -0.25) is 0 Å². The van der Waals surface area contributed by atoms with Crippen LogP contribution in [0.2, 0.25) is 0 Å². The third-order valence-electron chi connectivity index (χ3n) is 4.63. The van der Waals surface area contributed by atoms with Gasteiger partial charge in [-0.1, -0.05) is 24.3 Å². The van der Waals surface area contributed by atoms with Crippen molar-refractivity contribution >= 4 is 41.3 Å². The molecule has 0 amide bonds. The summed E-state index contributed by atoms with van der Waals surface area (Å²) in [6.07, 6.45) is 6.63. The maximum Gasteiger partial charge on any atom is 0.191 e. The molecule has 0 spiro atoms. The fourth-order valence-electron chi connectivity index (χ4n) is 3.35. The Hall–Kier alpha value is -1.19. The molecule has 2 aromatic rings. The van der Waals surface area contributed by atoms with Crippen molar-refractivity contribution < 1.29 is 4.74 Å². The maximum absolute atomic E-state index is 6.17. The zero-order valence-electron chi connectivity index (χ0n) is 16.7. The molecule has 0 fully saturated rings. The molecule has 1 heterocycles. The number of hydrogen-bond donors (Lipinski definition) is 2. The SMILES string of the molecule is CCNC(=NCc1ncc(C)s1)NCCCOC1CCCc2ccccc21.I. The number of nitrogens with one attached hydrogen (secondary N) is 2. The lowest BCUT2D eigenvalue weighted by Gasteiger charge is -2.25. The van der Waals surface area contributed by atoms with Crippen LogP contribution in [0.4, 0.5) is 0 Å². The largest absolute Gasteiger partial charge is 0.373 e. The van der Waals surface area contributed by atoms with Gasteiger partial charge in [0, 0.05) is 30.8 Å². The smallest absolute Gasteiger partial charge is 0.191 e. The first-order chi connectivity index (χ1) is 13.3. The number of hydrogen-bond acceptors (Lipinski definition) is 4. The monoisotopic (exact) mass is 514 g/mol. The first-order valence-electron chi connectivity index (χ1n) is 9.89. The molecule has 0 radical (unpaired) electrons. The summed E-state index contributed by atoms with van der Waals surface area (Å²) in [7, 11) is 0. The molecule has 1 unspecified atom stereocenters. The Kier molecular flexibility index (Phi) is 10.2. The minimum atomic E-state index is 0. The van der Waals surface area contributed by atoms with Gasteiger partial charge in [-0.05, 0) is 50.7 Å². The summed E-state index contributed by atoms with van der Waals surface area (Å²) >= 11 is 1.70. The zero-order valence-corrected chi connectivity index (χ0v) is 19.9. The number of aromatic nitrogens is 1. The van der Waals surface area contributed by atoms with Crippen molar-refractivity contribution in [1.29, 1.82) is 0 Å². The number of benzene rings is 1. The third kappa shape index (κ3) is 7.00. The van der Waals surface area contributed by atoms with Crippen LogP contribution >= 0.6 is 35.3 Å². The van der Waals surface area contributed by atoms with E-state index in [0.717, 1.165) is 43.5 Å². The number of rotatable bonds is 8. The molecular weight excluding hydrogens is 483 g/mol. The van der Waals surface area contributed by atoms with Gasteiger partial charge in [-0.25, -0.2) is 9.98 Å². The first kappa shape index (κ1) is 23.1. The molecular formula is C21H31IN4OS. The topological polar surface area (TPSA) is 58.5 Å². The van der Waals surface area contributed by atoms with E-state index in [0.29, 0.717) is 6.54 Å². The van der Waals surface area contributed by atoms with Crippen LogP contribution in [0.5, 0.6) is 0 Å². The van der Waals surface area contributed by atoms with Gasteiger partial charge in [-0.15, -0.1) is 35.3 Å². The maximum atomic E-state index is 6.17. The first-order valence-corrected chi connectivity index (χ1v) is 10.7. The quantitative estimate of drug-likeness (QED) is 0.234. The van der Waals surface area contributed by atoms with Crippen LogP contribution in [0.3, 0.4) is 0 Å². The van der Waals surface area contributed by atoms with Crippen molar-refractivity contribution in [3.05, 3.63) is 51.5 Å². The number of aliphatic imine (C=N–C) groups is 1. The Morgan fingerprint density at radius 2 is 2.18 bits per heavy atom. The standard InChI is InChI=1S/C21H30N4OS.HI/c1-3-22-21(25-15-20-24-14-16(2)27-20)23-12-7-13-26-19-11-6-9-17-8-4-5-10-18(17)19;/h4-5,8,10,14,19H,3,6-7,9,11-13,15H2,1-2H3,(H2,22,23,25);1H. The molecule has 0 saturated heterocycles. The summed E-state index contributed by atoms with van der Waals surface area (Å²) in [5, 5.41) is 7.72. The Labute approximate surface area is 189 Å². The molecule has 3 rings (SSSR count). The molecule has 0 aliphatic heterocycles. The Morgan fingerprint density at radius 3 is 2.96 bits per heavy atom. The van der Waals surface area contributed by atoms with Crippen molar-refractivity contribution in [3.8, 4) is 0 Å². The second-order valence-corrected chi connectivity index (χ2v) is 8.11. The average Bonchev–Trinajstić information content (AvgIpc) is 3.11. The summed E-state index contributed by atoms with van der Waals surface area (Å²) in [5.41, 5.74) is 2.83. The lowest BCUT2D eigenvalue weighted by Crippen LogP contribution is -2.38. The molecule has 1 aromatic heterocycles. The molecule has 0 saturated carbocycles. The van der Waals surface area contributed by atoms with Crippen LogP contribution in [0.25, 0.3) is 0 Å². The summed E-state index contributed by atoms with van der Waals surface area (Å²) in [5.74, 6) is 0.841. The number of halogens is 1. The fraction of sp³-hybridized carbons (Fsp3) is 0.524. The van der Waals surface area contributed by atoms with Crippen molar-refractivity contribution in [2.24, 2.45) is 4.99 Å². The van der Waals surface area contributed by atoms with Gasteiger partial charge in [0.05, 0.1) is 12.6 Å². The molecule has 5 nitrogen and oxygen atoms in total. The van der Waals surface area contributed by atoms with Crippen LogP contribution in [0.1, 0.15) is 53.3 Å². The number of aryl methyl sites for hydroxylation is 2. The van der Waals surface area contributed by atoms with Gasteiger partial charge in [0.1, 0.15) is 5.01 Å². The van der Waals surface area contributed by atoms with Gasteiger partial charge in [0.15, 0.2) is 5.96 Å². The van der Waals surface area contributed by atoms with E-state index in [2.05, 4.69) is 58.7 Å². The van der Waals surface area contributed by atoms with E-state index in [-0.39, 0.29) is 30.1 Å². The van der Waals surface area contributed by atoms with E-state index in [1.807, 2.05) is 6.20 Å². The normalized spacial score (nSPS) is 16.2. The molecule has 0 bridgehead atoms. The van der Waals surface area contributed by atoms with Crippen molar-refractivity contribution in [1.82, 2.24) is 15.6 Å². The summed E-state index contributed by atoms with van der Waals surface area (Å²) in [4.78, 5) is 10.2. The van der Waals surface area contributed by atoms with Gasteiger partial charge in [0.2, 0.25) is 0 Å². The van der Waals surface area contributed by atoms with Crippen LogP contribution in [0.15, 0.2) is 35.5 Å². The van der Waals surface area contributed by atoms with E-state index < -0.39 is 0 Å². The molecule has 1 atom stereocenters. The predicted molar refractivity (Wildman–Crippen MR) is 128 cm³/mol. The van der Waals surface area contributed by atoms with Crippen LogP contribution in [0, 0.1) is 6.92 Å². The van der Waals surface area contributed by atoms with Gasteiger partial charge in [0.25, 0.3) is 0 Å². The molecule has 2 N–H and O–H groups in total. The van der Waals surface area contributed by atoms with E-state index in [4.69, 9.17) is 4.74 Å². The number of nitrogens with zero attached hydrogens (tertiary/aromatic N) is 2. The number of guanidine groups is 1. The number of fused-ring (bicyclic) bond motifs is 1. The minimum Gasteiger partial charge on any atom is -0.373 e. The summed E-state index contributed by atoms with van der Waals surface area (Å²) < 4.78 is 6.17. The highest BCUT2D eigenvalue weighted by Gasteiger charge is 2.19. The average molecular weight is 514 g/mol. The fourth-order valence-corrected chi connectivity index (χ4v) is 4.06. The molecule has 28 heavy (non-hydrogen) atoms. The van der Waals surface area contributed by atoms with Gasteiger partial charge >= 0.3 is 0 Å². The molecule has 1 aromatic carbocycles. The van der Waals surface area contributed by atoms with Gasteiger partial charge < -0.3 is 15.4 Å². The highest BCUT2D eigenvalue weighted by Crippen LogP contribution is 2.32. The number of ether oxygens (including phenoxy) is 1. The molecule has 7 heteroatoms. The van der Waals surface area contributed by atoms with E-state index in [9.17, 15) is 0 Å². The third-order valence-corrected chi connectivity index (χ3v) is 5.53. The molecule has 1 aliphatic carbocycles. The summed E-state index contributed by atoms with van der Waals surface area (Å²) in [6.45, 7) is 7.21. The van der Waals surface area contributed by atoms with Crippen LogP contribution in [-0.4, -0.2) is 30.6 Å². The molecule has 1 aliphatic rings. The lowest BCUT2D eigenvalue weighted by atomic mass is 9.89. The van der Waals surface area contributed by atoms with Gasteiger partial charge in [-0.2, -0.15) is 0 Å². The minimum absolute atomic E-state index is 0. The van der Waals surface area contributed by atoms with Crippen LogP contribution in [-0.2, 0) is 17.7 Å². The predicted octanol–water partition coefficient (Wildman–Crippen LogP) is 4.61. The number of thiazole rings is 1. The van der Waals surface area contributed by atoms with Crippen molar-refractivity contribution in [2.75, 3.05) is 19.7 Å². The highest BCUT2D eigenvalue weighted by atomic mass is 127.